The Labute approximate surface area is 61.6 Å². The SMILES string of the molecule is O=C(O)OOCCP(=O)(O)O. The smallest absolute Gasteiger partial charge is 0.448 e. The summed E-state index contributed by atoms with van der Waals surface area (Å²) in [4.78, 5) is 33.4. The highest BCUT2D eigenvalue weighted by molar-refractivity contribution is 7.51. The third-order valence-electron chi connectivity index (χ3n) is 0.596. The molecule has 7 nitrogen and oxygen atoms in total. The van der Waals surface area contributed by atoms with Crippen molar-refractivity contribution in [3.63, 3.8) is 0 Å². The molecule has 11 heavy (non-hydrogen) atoms. The fourth-order valence-electron chi connectivity index (χ4n) is 0.248. The van der Waals surface area contributed by atoms with E-state index in [1.807, 2.05) is 0 Å². The van der Waals surface area contributed by atoms with Crippen LogP contribution in [0.4, 0.5) is 4.79 Å². The quantitative estimate of drug-likeness (QED) is 0.241. The van der Waals surface area contributed by atoms with E-state index in [4.69, 9.17) is 14.9 Å². The molecule has 0 heterocycles. The number of hydrogen-bond donors (Lipinski definition) is 3. The summed E-state index contributed by atoms with van der Waals surface area (Å²) in [5, 5.41) is 7.80. The predicted molar refractivity (Wildman–Crippen MR) is 32.0 cm³/mol. The number of carboxylic acid groups (broad SMARTS) is 1. The zero-order valence-corrected chi connectivity index (χ0v) is 6.23. The van der Waals surface area contributed by atoms with Crippen molar-refractivity contribution in [1.82, 2.24) is 0 Å². The van der Waals surface area contributed by atoms with Crippen molar-refractivity contribution in [3.8, 4) is 0 Å². The first-order valence-corrected chi connectivity index (χ1v) is 4.28. The van der Waals surface area contributed by atoms with E-state index in [2.05, 4.69) is 9.78 Å². The molecule has 0 aliphatic heterocycles. The molecule has 0 aliphatic carbocycles. The summed E-state index contributed by atoms with van der Waals surface area (Å²) < 4.78 is 10.1. The molecular weight excluding hydrogens is 179 g/mol. The summed E-state index contributed by atoms with van der Waals surface area (Å²) in [6.07, 6.45) is -2.23. The molecule has 0 atom stereocenters. The minimum Gasteiger partial charge on any atom is -0.448 e. The molecule has 0 aromatic rings. The number of hydrogen-bond acceptors (Lipinski definition) is 4. The second kappa shape index (κ2) is 4.30. The summed E-state index contributed by atoms with van der Waals surface area (Å²) >= 11 is 0. The molecule has 0 unspecified atom stereocenters. The molecule has 66 valence electrons. The molecule has 0 fully saturated rings. The van der Waals surface area contributed by atoms with Gasteiger partial charge in [-0.05, 0) is 0 Å². The Morgan fingerprint density at radius 2 is 2.00 bits per heavy atom. The van der Waals surface area contributed by atoms with Gasteiger partial charge in [0.1, 0.15) is 6.61 Å². The van der Waals surface area contributed by atoms with Crippen LogP contribution in [0.5, 0.6) is 0 Å². The van der Waals surface area contributed by atoms with Crippen LogP contribution in [0.15, 0.2) is 0 Å². The van der Waals surface area contributed by atoms with E-state index in [-0.39, 0.29) is 0 Å². The molecule has 8 heteroatoms. The summed E-state index contributed by atoms with van der Waals surface area (Å²) in [7, 11) is -4.12. The zero-order chi connectivity index (χ0) is 8.91. The van der Waals surface area contributed by atoms with Crippen LogP contribution in [0.2, 0.25) is 0 Å². The topological polar surface area (TPSA) is 113 Å². The standard InChI is InChI=1S/C3H7O7P/c4-3(5)10-9-1-2-11(6,7)8/h1-2H2,(H,4,5)(H2,6,7,8). The van der Waals surface area contributed by atoms with E-state index in [1.54, 1.807) is 0 Å². The fraction of sp³-hybridized carbons (Fsp3) is 0.667. The third kappa shape index (κ3) is 9.38. The van der Waals surface area contributed by atoms with Crippen molar-refractivity contribution in [2.45, 2.75) is 0 Å². The van der Waals surface area contributed by atoms with Gasteiger partial charge in [-0.2, -0.15) is 4.89 Å². The van der Waals surface area contributed by atoms with E-state index < -0.39 is 26.5 Å². The van der Waals surface area contributed by atoms with Crippen molar-refractivity contribution in [1.29, 1.82) is 0 Å². The van der Waals surface area contributed by atoms with Crippen LogP contribution >= 0.6 is 7.60 Å². The summed E-state index contributed by atoms with van der Waals surface area (Å²) in [6, 6.07) is 0. The Hall–Kier alpha value is -0.620. The third-order valence-corrected chi connectivity index (χ3v) is 1.36. The highest BCUT2D eigenvalue weighted by Gasteiger charge is 2.12. The van der Waals surface area contributed by atoms with E-state index in [0.29, 0.717) is 0 Å². The molecule has 0 saturated heterocycles. The number of rotatable bonds is 4. The Bertz CT molecular complexity index is 171. The first-order valence-electron chi connectivity index (χ1n) is 2.49. The lowest BCUT2D eigenvalue weighted by Crippen LogP contribution is -2.05. The van der Waals surface area contributed by atoms with Gasteiger partial charge in [0.15, 0.2) is 0 Å². The van der Waals surface area contributed by atoms with E-state index in [9.17, 15) is 9.36 Å². The normalized spacial score (nSPS) is 11.1. The minimum atomic E-state index is -4.12. The highest BCUT2D eigenvalue weighted by Crippen LogP contribution is 2.33. The van der Waals surface area contributed by atoms with Crippen molar-refractivity contribution in [2.75, 3.05) is 12.8 Å². The van der Waals surface area contributed by atoms with Crippen LogP contribution in [-0.4, -0.2) is 33.8 Å². The van der Waals surface area contributed by atoms with Gasteiger partial charge in [0.2, 0.25) is 0 Å². The molecular formula is C3H7O7P. The molecule has 0 bridgehead atoms. The van der Waals surface area contributed by atoms with Crippen molar-refractivity contribution in [2.24, 2.45) is 0 Å². The van der Waals surface area contributed by atoms with Crippen molar-refractivity contribution in [3.05, 3.63) is 0 Å². The fourth-order valence-corrected chi connectivity index (χ4v) is 0.561. The summed E-state index contributed by atoms with van der Waals surface area (Å²) in [5.41, 5.74) is 0. The maximum absolute atomic E-state index is 10.1. The second-order valence-corrected chi connectivity index (χ2v) is 3.34. The van der Waals surface area contributed by atoms with Gasteiger partial charge < -0.3 is 14.9 Å². The van der Waals surface area contributed by atoms with Crippen LogP contribution in [0.1, 0.15) is 0 Å². The van der Waals surface area contributed by atoms with Crippen LogP contribution in [-0.2, 0) is 14.3 Å². The molecule has 0 rings (SSSR count). The highest BCUT2D eigenvalue weighted by atomic mass is 31.2. The summed E-state index contributed by atoms with van der Waals surface area (Å²) in [6.45, 7) is -0.462. The summed E-state index contributed by atoms with van der Waals surface area (Å²) in [5.74, 6) is 0. The molecule has 0 aliphatic rings. The average Bonchev–Trinajstić information content (AvgIpc) is 1.78. The lowest BCUT2D eigenvalue weighted by Gasteiger charge is -2.01. The van der Waals surface area contributed by atoms with Gasteiger partial charge >= 0.3 is 13.8 Å². The minimum absolute atomic E-state index is 0.462. The van der Waals surface area contributed by atoms with Gasteiger partial charge in [0.05, 0.1) is 6.16 Å². The van der Waals surface area contributed by atoms with E-state index >= 15 is 0 Å². The molecule has 0 saturated carbocycles. The van der Waals surface area contributed by atoms with Crippen LogP contribution in [0.3, 0.4) is 0 Å². The van der Waals surface area contributed by atoms with Crippen LogP contribution in [0, 0.1) is 0 Å². The Balaban J connectivity index is 3.29. The van der Waals surface area contributed by atoms with Gasteiger partial charge in [-0.25, -0.2) is 4.79 Å². The first-order chi connectivity index (χ1) is 4.92. The average molecular weight is 186 g/mol. The number of carbonyl (C=O) groups is 1. The lowest BCUT2D eigenvalue weighted by atomic mass is 10.9. The van der Waals surface area contributed by atoms with Gasteiger partial charge in [0, 0.05) is 0 Å². The van der Waals surface area contributed by atoms with Crippen molar-refractivity contribution < 1.29 is 34.0 Å². The molecule has 0 spiro atoms. The predicted octanol–water partition coefficient (Wildman–Crippen LogP) is -0.210. The molecule has 0 radical (unpaired) electrons. The Kier molecular flexibility index (Phi) is 4.06. The molecule has 0 aromatic carbocycles. The monoisotopic (exact) mass is 186 g/mol. The zero-order valence-electron chi connectivity index (χ0n) is 5.34. The first kappa shape index (κ1) is 10.4. The second-order valence-electron chi connectivity index (χ2n) is 1.56. The largest absolute Gasteiger partial charge is 0.537 e. The lowest BCUT2D eigenvalue weighted by molar-refractivity contribution is -0.246. The van der Waals surface area contributed by atoms with Gasteiger partial charge in [-0.15, -0.1) is 0 Å². The van der Waals surface area contributed by atoms with E-state index in [0.717, 1.165) is 0 Å². The molecule has 3 N–H and O–H groups in total. The van der Waals surface area contributed by atoms with Gasteiger partial charge in [0.25, 0.3) is 0 Å². The van der Waals surface area contributed by atoms with E-state index in [1.165, 1.54) is 0 Å². The molecule has 0 amide bonds. The van der Waals surface area contributed by atoms with Gasteiger partial charge in [-0.1, -0.05) is 0 Å². The van der Waals surface area contributed by atoms with Crippen LogP contribution < -0.4 is 0 Å². The molecule has 0 aromatic heterocycles. The van der Waals surface area contributed by atoms with Crippen LogP contribution in [0.25, 0.3) is 0 Å². The Morgan fingerprint density at radius 3 is 2.36 bits per heavy atom. The maximum Gasteiger partial charge on any atom is 0.537 e. The van der Waals surface area contributed by atoms with Gasteiger partial charge in [-0.3, -0.25) is 9.45 Å². The maximum atomic E-state index is 10.1. The Morgan fingerprint density at radius 1 is 1.45 bits per heavy atom. The van der Waals surface area contributed by atoms with Crippen molar-refractivity contribution >= 4 is 13.8 Å².